The molecule has 1 saturated carbocycles. The van der Waals surface area contributed by atoms with Gasteiger partial charge in [0.05, 0.1) is 6.61 Å². The van der Waals surface area contributed by atoms with E-state index < -0.39 is 11.9 Å². The van der Waals surface area contributed by atoms with Crippen LogP contribution in [0.25, 0.3) is 0 Å². The van der Waals surface area contributed by atoms with Crippen LogP contribution >= 0.6 is 0 Å². The molecule has 0 aromatic carbocycles. The van der Waals surface area contributed by atoms with Gasteiger partial charge in [0.25, 0.3) is 0 Å². The van der Waals surface area contributed by atoms with Gasteiger partial charge in [-0.25, -0.2) is 4.79 Å². The predicted octanol–water partition coefficient (Wildman–Crippen LogP) is 2.17. The highest BCUT2D eigenvalue weighted by Gasteiger charge is 2.20. The van der Waals surface area contributed by atoms with Crippen molar-refractivity contribution in [3.05, 3.63) is 0 Å². The first-order valence-corrected chi connectivity index (χ1v) is 6.71. The molecular weight excluding hydrogens is 218 g/mol. The largest absolute Gasteiger partial charge is 0.459 e. The number of esters is 1. The second-order valence-corrected chi connectivity index (χ2v) is 4.65. The topological polar surface area (TPSA) is 55.4 Å². The van der Waals surface area contributed by atoms with Gasteiger partial charge in [-0.3, -0.25) is 4.79 Å². The van der Waals surface area contributed by atoms with Gasteiger partial charge in [0.1, 0.15) is 0 Å². The number of hydrogen-bond acceptors (Lipinski definition) is 3. The fourth-order valence-electron chi connectivity index (χ4n) is 2.04. The summed E-state index contributed by atoms with van der Waals surface area (Å²) in [6, 6.07) is 0.156. The van der Waals surface area contributed by atoms with Crippen LogP contribution in [0.5, 0.6) is 0 Å². The van der Waals surface area contributed by atoms with Crippen molar-refractivity contribution in [3.8, 4) is 0 Å². The smallest absolute Gasteiger partial charge is 0.396 e. The van der Waals surface area contributed by atoms with E-state index in [0.29, 0.717) is 6.61 Å². The Kier molecular flexibility index (Phi) is 6.67. The summed E-state index contributed by atoms with van der Waals surface area (Å²) >= 11 is 0. The van der Waals surface area contributed by atoms with Gasteiger partial charge >= 0.3 is 11.9 Å². The van der Waals surface area contributed by atoms with Crippen LogP contribution in [0.4, 0.5) is 0 Å². The van der Waals surface area contributed by atoms with Crippen molar-refractivity contribution in [2.75, 3.05) is 6.61 Å². The summed E-state index contributed by atoms with van der Waals surface area (Å²) in [5, 5.41) is 2.77. The lowest BCUT2D eigenvalue weighted by molar-refractivity contribution is -0.155. The molecule has 0 aromatic rings. The lowest BCUT2D eigenvalue weighted by atomic mass is 10.1. The number of amides is 1. The second-order valence-electron chi connectivity index (χ2n) is 4.65. The number of rotatable bonds is 4. The molecule has 0 spiro atoms. The van der Waals surface area contributed by atoms with Crippen molar-refractivity contribution in [1.29, 1.82) is 0 Å². The molecule has 1 aliphatic carbocycles. The van der Waals surface area contributed by atoms with Crippen molar-refractivity contribution in [2.24, 2.45) is 0 Å². The predicted molar refractivity (Wildman–Crippen MR) is 65.5 cm³/mol. The highest BCUT2D eigenvalue weighted by atomic mass is 16.5. The van der Waals surface area contributed by atoms with Crippen LogP contribution in [0, 0.1) is 0 Å². The fourth-order valence-corrected chi connectivity index (χ4v) is 2.04. The Bertz CT molecular complexity index is 245. The molecule has 4 nitrogen and oxygen atoms in total. The molecule has 1 rings (SSSR count). The van der Waals surface area contributed by atoms with Crippen LogP contribution in [0.3, 0.4) is 0 Å². The van der Waals surface area contributed by atoms with E-state index in [4.69, 9.17) is 4.74 Å². The normalized spacial score (nSPS) is 17.2. The molecule has 1 N–H and O–H groups in total. The maximum atomic E-state index is 11.5. The molecule has 98 valence electrons. The zero-order chi connectivity index (χ0) is 12.5. The van der Waals surface area contributed by atoms with Gasteiger partial charge in [-0.1, -0.05) is 39.0 Å². The number of carbonyl (C=O) groups excluding carboxylic acids is 2. The highest BCUT2D eigenvalue weighted by molar-refractivity contribution is 6.32. The molecule has 0 unspecified atom stereocenters. The van der Waals surface area contributed by atoms with Crippen LogP contribution in [-0.4, -0.2) is 24.5 Å². The summed E-state index contributed by atoms with van der Waals surface area (Å²) in [7, 11) is 0. The van der Waals surface area contributed by atoms with Gasteiger partial charge in [-0.2, -0.15) is 0 Å². The Morgan fingerprint density at radius 1 is 1.18 bits per heavy atom. The SMILES string of the molecule is CCCCOC(=O)C(=O)NC1CCCCCC1. The van der Waals surface area contributed by atoms with E-state index in [1.807, 2.05) is 6.92 Å². The third kappa shape index (κ3) is 5.71. The van der Waals surface area contributed by atoms with Crippen molar-refractivity contribution in [2.45, 2.75) is 64.3 Å². The summed E-state index contributed by atoms with van der Waals surface area (Å²) < 4.78 is 4.87. The summed E-state index contributed by atoms with van der Waals surface area (Å²) in [5.74, 6) is -1.31. The molecular formula is C13H23NO3. The lowest BCUT2D eigenvalue weighted by Crippen LogP contribution is -2.40. The van der Waals surface area contributed by atoms with Crippen molar-refractivity contribution in [3.63, 3.8) is 0 Å². The molecule has 0 aromatic heterocycles. The molecule has 17 heavy (non-hydrogen) atoms. The highest BCUT2D eigenvalue weighted by Crippen LogP contribution is 2.17. The van der Waals surface area contributed by atoms with E-state index in [9.17, 15) is 9.59 Å². The molecule has 1 fully saturated rings. The Morgan fingerprint density at radius 3 is 2.41 bits per heavy atom. The van der Waals surface area contributed by atoms with Gasteiger partial charge < -0.3 is 10.1 Å². The van der Waals surface area contributed by atoms with Gasteiger partial charge in [0.2, 0.25) is 0 Å². The average molecular weight is 241 g/mol. The number of hydrogen-bond donors (Lipinski definition) is 1. The first kappa shape index (κ1) is 14.0. The molecule has 0 radical (unpaired) electrons. The van der Waals surface area contributed by atoms with Crippen molar-refractivity contribution < 1.29 is 14.3 Å². The summed E-state index contributed by atoms with van der Waals surface area (Å²) in [5.41, 5.74) is 0. The maximum Gasteiger partial charge on any atom is 0.396 e. The molecule has 0 saturated heterocycles. The molecule has 0 bridgehead atoms. The average Bonchev–Trinajstić information content (AvgIpc) is 2.57. The van der Waals surface area contributed by atoms with E-state index in [2.05, 4.69) is 5.32 Å². The first-order valence-electron chi connectivity index (χ1n) is 6.71. The third-order valence-electron chi connectivity index (χ3n) is 3.11. The second kappa shape index (κ2) is 8.09. The van der Waals surface area contributed by atoms with Gasteiger partial charge in [0, 0.05) is 6.04 Å². The number of carbonyl (C=O) groups is 2. The van der Waals surface area contributed by atoms with E-state index in [1.54, 1.807) is 0 Å². The Labute approximate surface area is 103 Å². The minimum Gasteiger partial charge on any atom is -0.459 e. The van der Waals surface area contributed by atoms with Crippen molar-refractivity contribution >= 4 is 11.9 Å². The quantitative estimate of drug-likeness (QED) is 0.355. The molecule has 1 amide bonds. The van der Waals surface area contributed by atoms with E-state index in [0.717, 1.165) is 38.5 Å². The molecule has 0 heterocycles. The van der Waals surface area contributed by atoms with Gasteiger partial charge in [-0.15, -0.1) is 0 Å². The standard InChI is InChI=1S/C13H23NO3/c1-2-3-10-17-13(16)12(15)14-11-8-6-4-5-7-9-11/h11H,2-10H2,1H3,(H,14,15). The van der Waals surface area contributed by atoms with Crippen LogP contribution in [-0.2, 0) is 14.3 Å². The minimum atomic E-state index is -0.734. The zero-order valence-corrected chi connectivity index (χ0v) is 10.7. The molecule has 0 atom stereocenters. The molecule has 4 heteroatoms. The fraction of sp³-hybridized carbons (Fsp3) is 0.846. The third-order valence-corrected chi connectivity index (χ3v) is 3.11. The monoisotopic (exact) mass is 241 g/mol. The number of ether oxygens (including phenoxy) is 1. The van der Waals surface area contributed by atoms with Crippen LogP contribution in [0.2, 0.25) is 0 Å². The minimum absolute atomic E-state index is 0.156. The molecule has 1 aliphatic rings. The van der Waals surface area contributed by atoms with Crippen LogP contribution in [0.15, 0.2) is 0 Å². The summed E-state index contributed by atoms with van der Waals surface area (Å²) in [4.78, 5) is 22.9. The van der Waals surface area contributed by atoms with Crippen LogP contribution in [0.1, 0.15) is 58.3 Å². The number of nitrogens with one attached hydrogen (secondary N) is 1. The Morgan fingerprint density at radius 2 is 1.82 bits per heavy atom. The Balaban J connectivity index is 2.24. The van der Waals surface area contributed by atoms with E-state index in [1.165, 1.54) is 12.8 Å². The van der Waals surface area contributed by atoms with E-state index >= 15 is 0 Å². The Hall–Kier alpha value is -1.06. The van der Waals surface area contributed by atoms with Gasteiger partial charge in [-0.05, 0) is 19.3 Å². The summed E-state index contributed by atoms with van der Waals surface area (Å²) in [6.07, 6.45) is 8.45. The number of unbranched alkanes of at least 4 members (excludes halogenated alkanes) is 1. The zero-order valence-electron chi connectivity index (χ0n) is 10.7. The van der Waals surface area contributed by atoms with E-state index in [-0.39, 0.29) is 6.04 Å². The van der Waals surface area contributed by atoms with Crippen molar-refractivity contribution in [1.82, 2.24) is 5.32 Å². The lowest BCUT2D eigenvalue weighted by Gasteiger charge is -2.15. The van der Waals surface area contributed by atoms with Crippen LogP contribution < -0.4 is 5.32 Å². The van der Waals surface area contributed by atoms with Gasteiger partial charge in [0.15, 0.2) is 0 Å². The first-order chi connectivity index (χ1) is 8.24. The maximum absolute atomic E-state index is 11.5. The molecule has 0 aliphatic heterocycles. The summed E-state index contributed by atoms with van der Waals surface area (Å²) in [6.45, 7) is 2.35.